The minimum absolute atomic E-state index is 0.0729. The van der Waals surface area contributed by atoms with Crippen LogP contribution < -0.4 is 9.64 Å². The number of aromatic nitrogens is 2. The largest absolute Gasteiger partial charge is 0.486 e. The van der Waals surface area contributed by atoms with Crippen molar-refractivity contribution in [1.82, 2.24) is 9.97 Å². The molecule has 1 aliphatic rings. The van der Waals surface area contributed by atoms with Crippen LogP contribution in [0.2, 0.25) is 10.0 Å². The molecule has 1 aromatic heterocycles. The van der Waals surface area contributed by atoms with E-state index in [9.17, 15) is 9.18 Å². The first kappa shape index (κ1) is 17.7. The normalized spacial score (nSPS) is 16.9. The average Bonchev–Trinajstić information content (AvgIpc) is 3.00. The summed E-state index contributed by atoms with van der Waals surface area (Å²) in [6, 6.07) is 2.55. The number of hydrogen-bond acceptors (Lipinski definition) is 6. The summed E-state index contributed by atoms with van der Waals surface area (Å²) >= 11 is 11.9. The van der Waals surface area contributed by atoms with Crippen LogP contribution in [-0.2, 0) is 11.3 Å². The standard InChI is InChI=1S/C15H12Cl2FN3O4/c16-11-1-2-12(18)13(17)10(11)7-24-8-3-19-14(20-4-8)21-5-9(6-22)25-15(21)23/h1-4,9,22H,5-7H2. The van der Waals surface area contributed by atoms with Crippen LogP contribution in [-0.4, -0.2) is 40.4 Å². The molecule has 2 aromatic rings. The van der Waals surface area contributed by atoms with Gasteiger partial charge in [-0.25, -0.2) is 24.1 Å². The second-order valence-corrected chi connectivity index (χ2v) is 5.91. The number of carbonyl (C=O) groups excluding carboxylic acids is 1. The van der Waals surface area contributed by atoms with Gasteiger partial charge in [0.25, 0.3) is 0 Å². The van der Waals surface area contributed by atoms with E-state index in [0.717, 1.165) is 0 Å². The maximum absolute atomic E-state index is 13.5. The van der Waals surface area contributed by atoms with Gasteiger partial charge in [-0.1, -0.05) is 23.2 Å². The average molecular weight is 388 g/mol. The van der Waals surface area contributed by atoms with Gasteiger partial charge in [-0.15, -0.1) is 0 Å². The van der Waals surface area contributed by atoms with Crippen molar-refractivity contribution in [2.24, 2.45) is 0 Å². The third-order valence-electron chi connectivity index (χ3n) is 3.46. The number of hydrogen-bond donors (Lipinski definition) is 1. The fourth-order valence-electron chi connectivity index (χ4n) is 2.16. The highest BCUT2D eigenvalue weighted by molar-refractivity contribution is 6.36. The fourth-order valence-corrected chi connectivity index (χ4v) is 2.64. The smallest absolute Gasteiger partial charge is 0.417 e. The summed E-state index contributed by atoms with van der Waals surface area (Å²) in [6.45, 7) is -0.195. The Kier molecular flexibility index (Phi) is 5.22. The van der Waals surface area contributed by atoms with Gasteiger partial charge in [0.2, 0.25) is 5.95 Å². The van der Waals surface area contributed by atoms with E-state index >= 15 is 0 Å². The quantitative estimate of drug-likeness (QED) is 0.793. The summed E-state index contributed by atoms with van der Waals surface area (Å²) in [5.74, 6) is -0.191. The van der Waals surface area contributed by atoms with Crippen LogP contribution in [0.4, 0.5) is 15.1 Å². The number of ether oxygens (including phenoxy) is 2. The third kappa shape index (κ3) is 3.76. The molecule has 132 valence electrons. The van der Waals surface area contributed by atoms with E-state index in [1.807, 2.05) is 0 Å². The Labute approximate surface area is 151 Å². The molecule has 1 fully saturated rings. The van der Waals surface area contributed by atoms with Gasteiger partial charge < -0.3 is 14.6 Å². The Morgan fingerprint density at radius 2 is 2.08 bits per heavy atom. The molecule has 2 heterocycles. The summed E-state index contributed by atoms with van der Waals surface area (Å²) in [6.07, 6.45) is 1.46. The number of anilines is 1. The van der Waals surface area contributed by atoms with E-state index in [2.05, 4.69) is 9.97 Å². The lowest BCUT2D eigenvalue weighted by molar-refractivity contribution is 0.0963. The number of aliphatic hydroxyl groups excluding tert-OH is 1. The molecular weight excluding hydrogens is 376 g/mol. The molecule has 1 amide bonds. The first-order valence-corrected chi connectivity index (χ1v) is 7.91. The molecule has 1 atom stereocenters. The van der Waals surface area contributed by atoms with Crippen molar-refractivity contribution < 1.29 is 23.8 Å². The maximum atomic E-state index is 13.5. The SMILES string of the molecule is O=C1OC(CO)CN1c1ncc(OCc2c(Cl)ccc(F)c2Cl)cn1. The Morgan fingerprint density at radius 3 is 2.72 bits per heavy atom. The number of benzene rings is 1. The van der Waals surface area contributed by atoms with E-state index in [1.54, 1.807) is 0 Å². The van der Waals surface area contributed by atoms with Crippen molar-refractivity contribution in [3.8, 4) is 5.75 Å². The van der Waals surface area contributed by atoms with Crippen LogP contribution in [0.15, 0.2) is 24.5 Å². The number of amides is 1. The number of carbonyl (C=O) groups is 1. The van der Waals surface area contributed by atoms with Crippen LogP contribution in [0.1, 0.15) is 5.56 Å². The van der Waals surface area contributed by atoms with Gasteiger partial charge in [0, 0.05) is 10.6 Å². The molecule has 1 aromatic carbocycles. The molecule has 3 rings (SSSR count). The van der Waals surface area contributed by atoms with Gasteiger partial charge in [-0.2, -0.15) is 0 Å². The molecule has 1 N–H and O–H groups in total. The third-order valence-corrected chi connectivity index (χ3v) is 4.22. The fraction of sp³-hybridized carbons (Fsp3) is 0.267. The van der Waals surface area contributed by atoms with Crippen LogP contribution in [0.3, 0.4) is 0 Å². The van der Waals surface area contributed by atoms with Crippen LogP contribution in [0.5, 0.6) is 5.75 Å². The van der Waals surface area contributed by atoms with Gasteiger partial charge in [-0.05, 0) is 12.1 Å². The first-order chi connectivity index (χ1) is 12.0. The molecular formula is C15H12Cl2FN3O4. The number of nitrogens with zero attached hydrogens (tertiary/aromatic N) is 3. The molecule has 1 saturated heterocycles. The van der Waals surface area contributed by atoms with Gasteiger partial charge in [0.05, 0.1) is 30.6 Å². The Hall–Kier alpha value is -2.16. The van der Waals surface area contributed by atoms with Crippen LogP contribution in [0.25, 0.3) is 0 Å². The number of cyclic esters (lactones) is 1. The van der Waals surface area contributed by atoms with Gasteiger partial charge in [-0.3, -0.25) is 0 Å². The number of halogens is 3. The second kappa shape index (κ2) is 7.38. The highest BCUT2D eigenvalue weighted by Gasteiger charge is 2.33. The zero-order valence-corrected chi connectivity index (χ0v) is 14.2. The molecule has 0 aliphatic carbocycles. The van der Waals surface area contributed by atoms with E-state index in [0.29, 0.717) is 5.56 Å². The highest BCUT2D eigenvalue weighted by Crippen LogP contribution is 2.28. The van der Waals surface area contributed by atoms with E-state index in [-0.39, 0.29) is 41.5 Å². The number of aliphatic hydroxyl groups is 1. The minimum atomic E-state index is -0.633. The maximum Gasteiger partial charge on any atom is 0.417 e. The molecule has 0 spiro atoms. The predicted octanol–water partition coefficient (Wildman–Crippen LogP) is 2.82. The van der Waals surface area contributed by atoms with E-state index in [1.165, 1.54) is 29.4 Å². The van der Waals surface area contributed by atoms with E-state index < -0.39 is 18.0 Å². The lowest BCUT2D eigenvalue weighted by Gasteiger charge is -2.12. The first-order valence-electron chi connectivity index (χ1n) is 7.16. The highest BCUT2D eigenvalue weighted by atomic mass is 35.5. The minimum Gasteiger partial charge on any atom is -0.486 e. The zero-order chi connectivity index (χ0) is 18.0. The Bertz CT molecular complexity index is 791. The van der Waals surface area contributed by atoms with Crippen LogP contribution >= 0.6 is 23.2 Å². The van der Waals surface area contributed by atoms with Crippen molar-refractivity contribution in [2.45, 2.75) is 12.7 Å². The summed E-state index contributed by atoms with van der Waals surface area (Å²) in [4.78, 5) is 20.9. The van der Waals surface area contributed by atoms with Crippen molar-refractivity contribution in [3.05, 3.63) is 46.0 Å². The molecule has 10 heteroatoms. The molecule has 0 saturated carbocycles. The molecule has 1 aliphatic heterocycles. The monoisotopic (exact) mass is 387 g/mol. The van der Waals surface area contributed by atoms with Gasteiger partial charge in [0.15, 0.2) is 5.75 Å². The molecule has 0 radical (unpaired) electrons. The zero-order valence-electron chi connectivity index (χ0n) is 12.7. The lowest BCUT2D eigenvalue weighted by atomic mass is 10.2. The topological polar surface area (TPSA) is 84.8 Å². The van der Waals surface area contributed by atoms with Crippen molar-refractivity contribution in [3.63, 3.8) is 0 Å². The second-order valence-electron chi connectivity index (χ2n) is 5.13. The van der Waals surface area contributed by atoms with Crippen molar-refractivity contribution in [1.29, 1.82) is 0 Å². The summed E-state index contributed by atoms with van der Waals surface area (Å²) in [5.41, 5.74) is 0.307. The molecule has 25 heavy (non-hydrogen) atoms. The lowest BCUT2D eigenvalue weighted by Crippen LogP contribution is -2.27. The van der Waals surface area contributed by atoms with Crippen molar-refractivity contribution >= 4 is 35.2 Å². The summed E-state index contributed by atoms with van der Waals surface area (Å²) in [7, 11) is 0. The molecule has 1 unspecified atom stereocenters. The predicted molar refractivity (Wildman–Crippen MR) is 87.5 cm³/mol. The molecule has 7 nitrogen and oxygen atoms in total. The Morgan fingerprint density at radius 1 is 1.36 bits per heavy atom. The molecule has 0 bridgehead atoms. The van der Waals surface area contributed by atoms with Gasteiger partial charge >= 0.3 is 6.09 Å². The van der Waals surface area contributed by atoms with Crippen LogP contribution in [0, 0.1) is 5.82 Å². The van der Waals surface area contributed by atoms with Crippen molar-refractivity contribution in [2.75, 3.05) is 18.1 Å². The summed E-state index contributed by atoms with van der Waals surface area (Å²) in [5, 5.41) is 9.19. The van der Waals surface area contributed by atoms with E-state index in [4.69, 9.17) is 37.8 Å². The summed E-state index contributed by atoms with van der Waals surface area (Å²) < 4.78 is 23.8. The number of rotatable bonds is 5. The van der Waals surface area contributed by atoms with Gasteiger partial charge in [0.1, 0.15) is 18.5 Å². The Balaban J connectivity index is 1.68.